The Balaban J connectivity index is 2.90. The summed E-state index contributed by atoms with van der Waals surface area (Å²) in [5.74, 6) is 0.155. The molecular formula is C13H18O. The van der Waals surface area contributed by atoms with Gasteiger partial charge in [0.25, 0.3) is 0 Å². The molecule has 1 rings (SSSR count). The quantitative estimate of drug-likeness (QED) is 0.715. The Labute approximate surface area is 86.1 Å². The maximum atomic E-state index is 9.27. The van der Waals surface area contributed by atoms with Crippen LogP contribution >= 0.6 is 0 Å². The monoisotopic (exact) mass is 190 g/mol. The molecule has 1 aromatic carbocycles. The van der Waals surface area contributed by atoms with Crippen molar-refractivity contribution in [2.75, 3.05) is 0 Å². The molecule has 0 atom stereocenters. The molecule has 0 spiro atoms. The number of rotatable bonds is 4. The predicted molar refractivity (Wildman–Crippen MR) is 61.5 cm³/mol. The minimum Gasteiger partial charge on any atom is -0.508 e. The van der Waals surface area contributed by atoms with E-state index in [9.17, 15) is 5.11 Å². The Bertz CT molecular complexity index is 326. The first kappa shape index (κ1) is 10.8. The van der Waals surface area contributed by atoms with Crippen molar-refractivity contribution in [3.05, 3.63) is 41.5 Å². The molecule has 0 saturated carbocycles. The minimum absolute atomic E-state index is 0.155. The number of aliphatic hydroxyl groups excluding tert-OH is 1. The highest BCUT2D eigenvalue weighted by atomic mass is 16.3. The van der Waals surface area contributed by atoms with Crippen molar-refractivity contribution in [2.45, 2.75) is 33.1 Å². The van der Waals surface area contributed by atoms with Gasteiger partial charge in [0.05, 0.1) is 0 Å². The van der Waals surface area contributed by atoms with Crippen molar-refractivity contribution < 1.29 is 5.11 Å². The van der Waals surface area contributed by atoms with Crippen LogP contribution in [0.4, 0.5) is 0 Å². The summed E-state index contributed by atoms with van der Waals surface area (Å²) in [5, 5.41) is 9.27. The van der Waals surface area contributed by atoms with E-state index in [-0.39, 0.29) is 5.76 Å². The molecule has 0 aliphatic heterocycles. The summed E-state index contributed by atoms with van der Waals surface area (Å²) in [6.07, 6.45) is 3.48. The molecule has 0 aliphatic rings. The minimum atomic E-state index is 0.155. The lowest BCUT2D eigenvalue weighted by molar-refractivity contribution is 0.513. The van der Waals surface area contributed by atoms with E-state index in [2.05, 4.69) is 20.4 Å². The highest BCUT2D eigenvalue weighted by Gasteiger charge is 2.01. The summed E-state index contributed by atoms with van der Waals surface area (Å²) in [4.78, 5) is 0. The zero-order valence-corrected chi connectivity index (χ0v) is 9.01. The maximum Gasteiger partial charge on any atom is 0.115 e. The van der Waals surface area contributed by atoms with Gasteiger partial charge in [-0.3, -0.25) is 0 Å². The van der Waals surface area contributed by atoms with Crippen LogP contribution in [0.2, 0.25) is 0 Å². The molecule has 0 radical (unpaired) electrons. The summed E-state index contributed by atoms with van der Waals surface area (Å²) in [5.41, 5.74) is 3.45. The largest absolute Gasteiger partial charge is 0.508 e. The van der Waals surface area contributed by atoms with Crippen LogP contribution in [0.1, 0.15) is 36.5 Å². The third-order valence-corrected chi connectivity index (χ3v) is 2.48. The van der Waals surface area contributed by atoms with Gasteiger partial charge >= 0.3 is 0 Å². The molecule has 0 aliphatic carbocycles. The zero-order chi connectivity index (χ0) is 10.6. The number of aryl methyl sites for hydroxylation is 2. The average molecular weight is 190 g/mol. The Kier molecular flexibility index (Phi) is 3.75. The SMILES string of the molecule is C=C(O)c1ccc(C)c(CCCC)c1. The maximum absolute atomic E-state index is 9.27. The van der Waals surface area contributed by atoms with E-state index >= 15 is 0 Å². The van der Waals surface area contributed by atoms with Crippen molar-refractivity contribution in [3.8, 4) is 0 Å². The van der Waals surface area contributed by atoms with Crippen molar-refractivity contribution in [1.82, 2.24) is 0 Å². The molecule has 0 heterocycles. The van der Waals surface area contributed by atoms with E-state index < -0.39 is 0 Å². The number of unbranched alkanes of at least 4 members (excludes halogenated alkanes) is 1. The Morgan fingerprint density at radius 1 is 1.43 bits per heavy atom. The summed E-state index contributed by atoms with van der Waals surface area (Å²) < 4.78 is 0. The van der Waals surface area contributed by atoms with E-state index in [1.165, 1.54) is 24.0 Å². The number of benzene rings is 1. The van der Waals surface area contributed by atoms with Crippen LogP contribution in [0, 0.1) is 6.92 Å². The van der Waals surface area contributed by atoms with Gasteiger partial charge in [0, 0.05) is 5.56 Å². The summed E-state index contributed by atoms with van der Waals surface area (Å²) in [6, 6.07) is 5.99. The summed E-state index contributed by atoms with van der Waals surface area (Å²) in [7, 11) is 0. The Morgan fingerprint density at radius 3 is 2.71 bits per heavy atom. The van der Waals surface area contributed by atoms with Gasteiger partial charge in [-0.05, 0) is 37.0 Å². The molecule has 0 fully saturated rings. The van der Waals surface area contributed by atoms with Crippen LogP contribution in [-0.2, 0) is 6.42 Å². The molecule has 1 N–H and O–H groups in total. The lowest BCUT2D eigenvalue weighted by Crippen LogP contribution is -1.92. The Morgan fingerprint density at radius 2 is 2.14 bits per heavy atom. The zero-order valence-electron chi connectivity index (χ0n) is 9.01. The van der Waals surface area contributed by atoms with Gasteiger partial charge < -0.3 is 5.11 Å². The standard InChI is InChI=1S/C13H18O/c1-4-5-6-12-9-13(11(3)14)8-7-10(12)2/h7-9,14H,3-6H2,1-2H3. The van der Waals surface area contributed by atoms with Crippen LogP contribution in [0.3, 0.4) is 0 Å². The van der Waals surface area contributed by atoms with Crippen LogP contribution in [0.5, 0.6) is 0 Å². The molecular weight excluding hydrogens is 172 g/mol. The molecule has 0 bridgehead atoms. The highest BCUT2D eigenvalue weighted by molar-refractivity contribution is 5.57. The van der Waals surface area contributed by atoms with E-state index in [0.717, 1.165) is 12.0 Å². The molecule has 1 heteroatoms. The van der Waals surface area contributed by atoms with Crippen LogP contribution in [0.15, 0.2) is 24.8 Å². The number of hydrogen-bond donors (Lipinski definition) is 1. The summed E-state index contributed by atoms with van der Waals surface area (Å²) in [6.45, 7) is 7.82. The van der Waals surface area contributed by atoms with Crippen LogP contribution in [0.25, 0.3) is 5.76 Å². The first-order valence-corrected chi connectivity index (χ1v) is 5.13. The molecule has 0 unspecified atom stereocenters. The van der Waals surface area contributed by atoms with E-state index in [4.69, 9.17) is 0 Å². The van der Waals surface area contributed by atoms with Crippen molar-refractivity contribution in [3.63, 3.8) is 0 Å². The van der Waals surface area contributed by atoms with Gasteiger partial charge in [0.2, 0.25) is 0 Å². The lowest BCUT2D eigenvalue weighted by Gasteiger charge is -2.07. The third-order valence-electron chi connectivity index (χ3n) is 2.48. The van der Waals surface area contributed by atoms with Crippen LogP contribution < -0.4 is 0 Å². The lowest BCUT2D eigenvalue weighted by atomic mass is 10.00. The van der Waals surface area contributed by atoms with Gasteiger partial charge in [-0.25, -0.2) is 0 Å². The molecule has 0 amide bonds. The molecule has 1 nitrogen and oxygen atoms in total. The second kappa shape index (κ2) is 4.85. The van der Waals surface area contributed by atoms with Gasteiger partial charge in [-0.15, -0.1) is 0 Å². The average Bonchev–Trinajstić information content (AvgIpc) is 2.16. The van der Waals surface area contributed by atoms with Crippen molar-refractivity contribution >= 4 is 5.76 Å². The van der Waals surface area contributed by atoms with E-state index in [0.29, 0.717) is 0 Å². The third kappa shape index (κ3) is 2.63. The fourth-order valence-corrected chi connectivity index (χ4v) is 1.49. The van der Waals surface area contributed by atoms with Gasteiger partial charge in [0.15, 0.2) is 0 Å². The second-order valence-corrected chi connectivity index (χ2v) is 3.69. The molecule has 14 heavy (non-hydrogen) atoms. The first-order valence-electron chi connectivity index (χ1n) is 5.13. The van der Waals surface area contributed by atoms with Gasteiger partial charge in [-0.2, -0.15) is 0 Å². The first-order chi connectivity index (χ1) is 6.65. The van der Waals surface area contributed by atoms with Gasteiger partial charge in [-0.1, -0.05) is 32.1 Å². The molecule has 76 valence electrons. The van der Waals surface area contributed by atoms with Crippen LogP contribution in [-0.4, -0.2) is 5.11 Å². The second-order valence-electron chi connectivity index (χ2n) is 3.69. The van der Waals surface area contributed by atoms with E-state index in [1.807, 2.05) is 18.2 Å². The van der Waals surface area contributed by atoms with Crippen molar-refractivity contribution in [2.24, 2.45) is 0 Å². The molecule has 0 aromatic heterocycles. The predicted octanol–water partition coefficient (Wildman–Crippen LogP) is 3.87. The highest BCUT2D eigenvalue weighted by Crippen LogP contribution is 2.17. The van der Waals surface area contributed by atoms with Crippen molar-refractivity contribution in [1.29, 1.82) is 0 Å². The molecule has 1 aromatic rings. The summed E-state index contributed by atoms with van der Waals surface area (Å²) >= 11 is 0. The smallest absolute Gasteiger partial charge is 0.115 e. The number of hydrogen-bond acceptors (Lipinski definition) is 1. The fourth-order valence-electron chi connectivity index (χ4n) is 1.49. The molecule has 0 saturated heterocycles. The van der Waals surface area contributed by atoms with E-state index in [1.54, 1.807) is 0 Å². The normalized spacial score (nSPS) is 10.1. The topological polar surface area (TPSA) is 20.2 Å². The van der Waals surface area contributed by atoms with Gasteiger partial charge in [0.1, 0.15) is 5.76 Å². The fraction of sp³-hybridized carbons (Fsp3) is 0.385. The Hall–Kier alpha value is -1.24. The number of aliphatic hydroxyl groups is 1.